The molecule has 0 aliphatic rings. The third-order valence-corrected chi connectivity index (χ3v) is 2.78. The minimum Gasteiger partial charge on any atom is -0.475 e. The van der Waals surface area contributed by atoms with E-state index < -0.39 is 23.5 Å². The van der Waals surface area contributed by atoms with Crippen molar-refractivity contribution in [3.63, 3.8) is 0 Å². The lowest BCUT2D eigenvalue weighted by Crippen LogP contribution is -2.09. The normalized spacial score (nSPS) is 11.8. The van der Waals surface area contributed by atoms with Gasteiger partial charge in [0.2, 0.25) is 5.82 Å². The molecular weight excluding hydrogens is 273 g/mol. The van der Waals surface area contributed by atoms with Crippen molar-refractivity contribution in [1.29, 1.82) is 0 Å². The first kappa shape index (κ1) is 14.2. The van der Waals surface area contributed by atoms with Crippen LogP contribution < -0.4 is 0 Å². The Morgan fingerprint density at radius 1 is 1.30 bits per heavy atom. The number of aromatic carboxylic acids is 1. The van der Waals surface area contributed by atoms with Gasteiger partial charge in [-0.05, 0) is 24.6 Å². The van der Waals surface area contributed by atoms with Gasteiger partial charge in [0.15, 0.2) is 0 Å². The van der Waals surface area contributed by atoms with Gasteiger partial charge >= 0.3 is 12.1 Å². The smallest absolute Gasteiger partial charge is 0.416 e. The van der Waals surface area contributed by atoms with Crippen molar-refractivity contribution in [2.45, 2.75) is 25.9 Å². The van der Waals surface area contributed by atoms with Crippen LogP contribution in [0.15, 0.2) is 18.2 Å². The maximum Gasteiger partial charge on any atom is 0.416 e. The molecule has 0 radical (unpaired) electrons. The molecule has 1 heterocycles. The Morgan fingerprint density at radius 2 is 2.00 bits per heavy atom. The van der Waals surface area contributed by atoms with E-state index in [1.807, 2.05) is 6.92 Å². The summed E-state index contributed by atoms with van der Waals surface area (Å²) in [6, 6.07) is 3.02. The molecule has 4 nitrogen and oxygen atoms in total. The Bertz CT molecular complexity index is 668. The third kappa shape index (κ3) is 2.71. The van der Waals surface area contributed by atoms with E-state index in [1.165, 1.54) is 6.07 Å². The molecule has 0 saturated carbocycles. The predicted octanol–water partition coefficient (Wildman–Crippen LogP) is 3.30. The van der Waals surface area contributed by atoms with Gasteiger partial charge in [0.05, 0.1) is 16.8 Å². The monoisotopic (exact) mass is 284 g/mol. The highest BCUT2D eigenvalue weighted by molar-refractivity contribution is 5.89. The number of rotatable bonds is 3. The number of aromatic nitrogens is 2. The quantitative estimate of drug-likeness (QED) is 0.939. The van der Waals surface area contributed by atoms with Crippen molar-refractivity contribution in [1.82, 2.24) is 9.97 Å². The topological polar surface area (TPSA) is 63.1 Å². The lowest BCUT2D eigenvalue weighted by molar-refractivity contribution is -0.137. The van der Waals surface area contributed by atoms with Crippen LogP contribution in [0.25, 0.3) is 10.9 Å². The van der Waals surface area contributed by atoms with Gasteiger partial charge in [0.1, 0.15) is 0 Å². The minimum absolute atomic E-state index is 0.203. The molecule has 1 aromatic heterocycles. The highest BCUT2D eigenvalue weighted by Crippen LogP contribution is 2.31. The maximum absolute atomic E-state index is 12.7. The molecule has 2 aromatic rings. The summed E-state index contributed by atoms with van der Waals surface area (Å²) in [5, 5.41) is 9.16. The lowest BCUT2D eigenvalue weighted by Gasteiger charge is -2.10. The van der Waals surface area contributed by atoms with Crippen LogP contribution in [-0.2, 0) is 12.6 Å². The highest BCUT2D eigenvalue weighted by atomic mass is 19.4. The van der Waals surface area contributed by atoms with Gasteiger partial charge in [0, 0.05) is 5.39 Å². The summed E-state index contributed by atoms with van der Waals surface area (Å²) in [6.45, 7) is 1.84. The number of carboxylic acid groups (broad SMARTS) is 1. The third-order valence-electron chi connectivity index (χ3n) is 2.78. The Morgan fingerprint density at radius 3 is 2.55 bits per heavy atom. The Balaban J connectivity index is 2.70. The molecule has 2 rings (SSSR count). The van der Waals surface area contributed by atoms with Crippen LogP contribution in [0.5, 0.6) is 0 Å². The van der Waals surface area contributed by atoms with Gasteiger partial charge in [-0.2, -0.15) is 13.2 Å². The number of carboxylic acids is 1. The first-order valence-electron chi connectivity index (χ1n) is 5.94. The molecule has 7 heteroatoms. The Kier molecular flexibility index (Phi) is 3.61. The van der Waals surface area contributed by atoms with Crippen LogP contribution in [0.3, 0.4) is 0 Å². The fourth-order valence-corrected chi connectivity index (χ4v) is 1.89. The molecule has 1 N–H and O–H groups in total. The molecule has 20 heavy (non-hydrogen) atoms. The molecule has 1 aromatic carbocycles. The van der Waals surface area contributed by atoms with Gasteiger partial charge < -0.3 is 5.11 Å². The lowest BCUT2D eigenvalue weighted by atomic mass is 10.1. The van der Waals surface area contributed by atoms with Gasteiger partial charge in [-0.1, -0.05) is 13.3 Å². The first-order valence-corrected chi connectivity index (χ1v) is 5.94. The molecular formula is C13H11F3N2O2. The van der Waals surface area contributed by atoms with E-state index in [1.54, 1.807) is 0 Å². The van der Waals surface area contributed by atoms with Crippen molar-refractivity contribution in [3.05, 3.63) is 35.3 Å². The summed E-state index contributed by atoms with van der Waals surface area (Å²) in [5.41, 5.74) is -0.274. The molecule has 0 bridgehead atoms. The summed E-state index contributed by atoms with van der Waals surface area (Å²) in [7, 11) is 0. The molecule has 0 atom stereocenters. The van der Waals surface area contributed by atoms with Crippen LogP contribution in [-0.4, -0.2) is 21.0 Å². The molecule has 0 aliphatic heterocycles. The molecule has 0 unspecified atom stereocenters. The number of halogens is 3. The second-order valence-corrected chi connectivity index (χ2v) is 4.28. The largest absolute Gasteiger partial charge is 0.475 e. The van der Waals surface area contributed by atoms with E-state index in [9.17, 15) is 18.0 Å². The summed E-state index contributed by atoms with van der Waals surface area (Å²) in [6.07, 6.45) is -3.43. The summed E-state index contributed by atoms with van der Waals surface area (Å²) >= 11 is 0. The fraction of sp³-hybridized carbons (Fsp3) is 0.308. The van der Waals surface area contributed by atoms with Crippen LogP contribution >= 0.6 is 0 Å². The van der Waals surface area contributed by atoms with Crippen LogP contribution in [0.1, 0.15) is 35.2 Å². The van der Waals surface area contributed by atoms with Gasteiger partial charge in [-0.15, -0.1) is 0 Å². The second kappa shape index (κ2) is 5.07. The Labute approximate surface area is 112 Å². The molecule has 106 valence electrons. The summed E-state index contributed by atoms with van der Waals surface area (Å²) < 4.78 is 38.1. The molecule has 0 amide bonds. The van der Waals surface area contributed by atoms with Crippen LogP contribution in [0, 0.1) is 0 Å². The van der Waals surface area contributed by atoms with Gasteiger partial charge in [-0.25, -0.2) is 14.8 Å². The van der Waals surface area contributed by atoms with Crippen molar-refractivity contribution in [3.8, 4) is 0 Å². The number of alkyl halides is 3. The summed E-state index contributed by atoms with van der Waals surface area (Å²) in [4.78, 5) is 18.5. The van der Waals surface area contributed by atoms with Crippen LogP contribution in [0.2, 0.25) is 0 Å². The van der Waals surface area contributed by atoms with Crippen molar-refractivity contribution < 1.29 is 23.1 Å². The molecule has 0 aliphatic carbocycles. The number of aryl methyl sites for hydroxylation is 1. The Hall–Kier alpha value is -2.18. The minimum atomic E-state index is -4.46. The standard InChI is InChI=1S/C13H11F3N2O2/c1-2-3-9-8-6-7(13(14,15)16)4-5-10(8)18-11(17-9)12(19)20/h4-6H,2-3H2,1H3,(H,19,20). The number of hydrogen-bond donors (Lipinski definition) is 1. The average Bonchev–Trinajstić information content (AvgIpc) is 2.37. The number of hydrogen-bond acceptors (Lipinski definition) is 3. The zero-order valence-corrected chi connectivity index (χ0v) is 10.5. The highest BCUT2D eigenvalue weighted by Gasteiger charge is 2.31. The summed E-state index contributed by atoms with van der Waals surface area (Å²) in [5.74, 6) is -1.70. The van der Waals surface area contributed by atoms with E-state index in [-0.39, 0.29) is 10.9 Å². The molecule has 0 spiro atoms. The molecule has 0 saturated heterocycles. The van der Waals surface area contributed by atoms with E-state index in [4.69, 9.17) is 5.11 Å². The first-order chi connectivity index (χ1) is 9.32. The number of carbonyl (C=O) groups is 1. The van der Waals surface area contributed by atoms with E-state index in [2.05, 4.69) is 9.97 Å². The van der Waals surface area contributed by atoms with E-state index in [0.717, 1.165) is 12.1 Å². The predicted molar refractivity (Wildman–Crippen MR) is 65.5 cm³/mol. The molecule has 0 fully saturated rings. The SMILES string of the molecule is CCCc1nc(C(=O)O)nc2ccc(C(F)(F)F)cc12. The number of fused-ring (bicyclic) bond motifs is 1. The zero-order chi connectivity index (χ0) is 14.9. The van der Waals surface area contributed by atoms with E-state index >= 15 is 0 Å². The number of benzene rings is 1. The number of nitrogens with zero attached hydrogens (tertiary/aromatic N) is 2. The van der Waals surface area contributed by atoms with Gasteiger partial charge in [0.25, 0.3) is 0 Å². The van der Waals surface area contributed by atoms with Crippen molar-refractivity contribution >= 4 is 16.9 Å². The average molecular weight is 284 g/mol. The maximum atomic E-state index is 12.7. The van der Waals surface area contributed by atoms with E-state index in [0.29, 0.717) is 18.5 Å². The zero-order valence-electron chi connectivity index (χ0n) is 10.5. The van der Waals surface area contributed by atoms with Crippen molar-refractivity contribution in [2.24, 2.45) is 0 Å². The fourth-order valence-electron chi connectivity index (χ4n) is 1.89. The second-order valence-electron chi connectivity index (χ2n) is 4.28. The van der Waals surface area contributed by atoms with Crippen LogP contribution in [0.4, 0.5) is 13.2 Å². The van der Waals surface area contributed by atoms with Gasteiger partial charge in [-0.3, -0.25) is 0 Å². The van der Waals surface area contributed by atoms with Crippen molar-refractivity contribution in [2.75, 3.05) is 0 Å².